The number of likely N-dealkylation sites (N-methyl/N-ethyl adjacent to an activating group) is 1. The Morgan fingerprint density at radius 1 is 1.21 bits per heavy atom. The summed E-state index contributed by atoms with van der Waals surface area (Å²) in [5.74, 6) is -0.230. The van der Waals surface area contributed by atoms with E-state index in [-0.39, 0.29) is 23.2 Å². The zero-order chi connectivity index (χ0) is 28.1. The summed E-state index contributed by atoms with van der Waals surface area (Å²) in [6.45, 7) is 5.57. The van der Waals surface area contributed by atoms with Gasteiger partial charge in [0, 0.05) is 32.4 Å². The average Bonchev–Trinajstić information content (AvgIpc) is 2.90. The van der Waals surface area contributed by atoms with Crippen molar-refractivity contribution in [1.29, 1.82) is 0 Å². The maximum atomic E-state index is 13.3. The molecule has 3 aromatic heterocycles. The number of nitrogens with zero attached hydrogens (tertiary/aromatic N) is 7. The largest absolute Gasteiger partial charge is 0.451 e. The standard InChI is InChI=1S/C25H27F3N8O3/c1-13-17(12-30-21(32-13)25(26,27)28)39-18-8-7-15(10-29-18)11-31-23-33-16-6-5-9-36-19(16)20(34-23)35(4)24(3,14(2)37)22(36)38/h7-8,10,12,14,37H,5-6,9,11H2,1-4H3,(H,31,33,34)/t14-,24-/m0/s1. The molecule has 0 spiro atoms. The number of pyridine rings is 1. The van der Waals surface area contributed by atoms with Crippen LogP contribution in [-0.4, -0.2) is 61.2 Å². The number of ether oxygens (including phenoxy) is 1. The number of rotatable bonds is 6. The topological polar surface area (TPSA) is 129 Å². The third kappa shape index (κ3) is 4.68. The van der Waals surface area contributed by atoms with Crippen molar-refractivity contribution in [2.24, 2.45) is 0 Å². The predicted octanol–water partition coefficient (Wildman–Crippen LogP) is 3.26. The minimum atomic E-state index is -4.64. The third-order valence-corrected chi connectivity index (χ3v) is 7.16. The van der Waals surface area contributed by atoms with Crippen molar-refractivity contribution in [3.63, 3.8) is 0 Å². The third-order valence-electron chi connectivity index (χ3n) is 7.16. The fourth-order valence-electron chi connectivity index (χ4n) is 4.63. The molecule has 1 amide bonds. The van der Waals surface area contributed by atoms with Crippen molar-refractivity contribution in [3.8, 4) is 11.6 Å². The number of halogens is 3. The number of aromatic nitrogens is 5. The molecule has 0 bridgehead atoms. The zero-order valence-electron chi connectivity index (χ0n) is 21.7. The molecule has 2 atom stereocenters. The number of nitrogens with one attached hydrogen (secondary N) is 1. The first kappa shape index (κ1) is 26.5. The van der Waals surface area contributed by atoms with Gasteiger partial charge in [0.15, 0.2) is 11.6 Å². The molecule has 0 unspecified atom stereocenters. The van der Waals surface area contributed by atoms with Crippen LogP contribution in [0.1, 0.15) is 43.0 Å². The van der Waals surface area contributed by atoms with Crippen LogP contribution >= 0.6 is 0 Å². The smallest absolute Gasteiger partial charge is 0.436 e. The highest BCUT2D eigenvalue weighted by Crippen LogP contribution is 2.44. The lowest BCUT2D eigenvalue weighted by Crippen LogP contribution is -2.66. The first-order valence-electron chi connectivity index (χ1n) is 12.3. The molecule has 0 radical (unpaired) electrons. The quantitative estimate of drug-likeness (QED) is 0.477. The van der Waals surface area contributed by atoms with Gasteiger partial charge >= 0.3 is 6.18 Å². The van der Waals surface area contributed by atoms with Gasteiger partial charge in [-0.3, -0.25) is 4.79 Å². The second kappa shape index (κ2) is 9.59. The molecule has 0 aromatic carbocycles. The Morgan fingerprint density at radius 3 is 2.62 bits per heavy atom. The van der Waals surface area contributed by atoms with Gasteiger partial charge in [0.1, 0.15) is 11.2 Å². The highest BCUT2D eigenvalue weighted by Gasteiger charge is 2.52. The van der Waals surface area contributed by atoms with Crippen LogP contribution in [0.15, 0.2) is 24.5 Å². The van der Waals surface area contributed by atoms with E-state index in [2.05, 4.69) is 30.2 Å². The second-order valence-corrected chi connectivity index (χ2v) is 9.71. The number of hydrogen-bond donors (Lipinski definition) is 2. The Morgan fingerprint density at radius 2 is 1.97 bits per heavy atom. The molecule has 0 aliphatic carbocycles. The Balaban J connectivity index is 1.31. The van der Waals surface area contributed by atoms with E-state index in [1.807, 2.05) is 0 Å². The van der Waals surface area contributed by atoms with Crippen molar-refractivity contribution in [2.45, 2.75) is 58.0 Å². The van der Waals surface area contributed by atoms with Crippen LogP contribution in [0.3, 0.4) is 0 Å². The van der Waals surface area contributed by atoms with Crippen molar-refractivity contribution in [1.82, 2.24) is 24.9 Å². The summed E-state index contributed by atoms with van der Waals surface area (Å²) in [6, 6.07) is 3.33. The van der Waals surface area contributed by atoms with Crippen LogP contribution in [0, 0.1) is 6.92 Å². The Labute approximate surface area is 222 Å². The first-order valence-corrected chi connectivity index (χ1v) is 12.3. The molecule has 0 saturated carbocycles. The zero-order valence-corrected chi connectivity index (χ0v) is 21.7. The summed E-state index contributed by atoms with van der Waals surface area (Å²) < 4.78 is 43.9. The molecule has 14 heteroatoms. The van der Waals surface area contributed by atoms with E-state index in [9.17, 15) is 23.1 Å². The molecule has 2 N–H and O–H groups in total. The summed E-state index contributed by atoms with van der Waals surface area (Å²) >= 11 is 0. The van der Waals surface area contributed by atoms with Crippen molar-refractivity contribution < 1.29 is 27.8 Å². The molecular formula is C25H27F3N8O3. The molecule has 3 aromatic rings. The summed E-state index contributed by atoms with van der Waals surface area (Å²) in [4.78, 5) is 37.0. The average molecular weight is 545 g/mol. The van der Waals surface area contributed by atoms with Crippen LogP contribution in [-0.2, 0) is 23.9 Å². The summed E-state index contributed by atoms with van der Waals surface area (Å²) in [5.41, 5.74) is 1.09. The van der Waals surface area contributed by atoms with E-state index < -0.39 is 23.6 Å². The van der Waals surface area contributed by atoms with Crippen LogP contribution in [0.5, 0.6) is 11.6 Å². The molecule has 5 rings (SSSR count). The van der Waals surface area contributed by atoms with Gasteiger partial charge in [-0.15, -0.1) is 0 Å². The van der Waals surface area contributed by atoms with E-state index in [0.29, 0.717) is 37.0 Å². The highest BCUT2D eigenvalue weighted by atomic mass is 19.4. The summed E-state index contributed by atoms with van der Waals surface area (Å²) in [7, 11) is 1.75. The van der Waals surface area contributed by atoms with Gasteiger partial charge in [-0.1, -0.05) is 6.07 Å². The first-order chi connectivity index (χ1) is 18.4. The number of aliphatic hydroxyl groups is 1. The number of carbonyl (C=O) groups is 1. The normalized spacial score (nSPS) is 19.5. The molecule has 11 nitrogen and oxygen atoms in total. The van der Waals surface area contributed by atoms with Crippen molar-refractivity contribution in [2.75, 3.05) is 28.7 Å². The Hall–Kier alpha value is -4.07. The lowest BCUT2D eigenvalue weighted by Gasteiger charge is -2.49. The number of aliphatic hydroxyl groups excluding tert-OH is 1. The van der Waals surface area contributed by atoms with E-state index in [1.54, 1.807) is 49.0 Å². The molecule has 39 heavy (non-hydrogen) atoms. The molecule has 2 aliphatic rings. The van der Waals surface area contributed by atoms with Gasteiger partial charge in [-0.25, -0.2) is 19.9 Å². The molecule has 0 fully saturated rings. The molecule has 0 saturated heterocycles. The number of amides is 1. The monoisotopic (exact) mass is 544 g/mol. The van der Waals surface area contributed by atoms with E-state index in [1.165, 1.54) is 6.92 Å². The highest BCUT2D eigenvalue weighted by molar-refractivity contribution is 6.08. The second-order valence-electron chi connectivity index (χ2n) is 9.71. The lowest BCUT2D eigenvalue weighted by atomic mass is 9.87. The lowest BCUT2D eigenvalue weighted by molar-refractivity contribution is -0.145. The van der Waals surface area contributed by atoms with Crippen molar-refractivity contribution in [3.05, 3.63) is 47.3 Å². The number of alkyl halides is 3. The van der Waals surface area contributed by atoms with E-state index in [0.717, 1.165) is 23.9 Å². The summed E-state index contributed by atoms with van der Waals surface area (Å²) in [6.07, 6.45) is -1.59. The van der Waals surface area contributed by atoms with Gasteiger partial charge in [-0.05, 0) is 39.2 Å². The maximum absolute atomic E-state index is 13.3. The van der Waals surface area contributed by atoms with Gasteiger partial charge in [0.2, 0.25) is 17.7 Å². The van der Waals surface area contributed by atoms with Crippen LogP contribution < -0.4 is 19.9 Å². The van der Waals surface area contributed by atoms with Crippen LogP contribution in [0.25, 0.3) is 0 Å². The number of carbonyl (C=O) groups excluding carboxylic acids is 1. The molecular weight excluding hydrogens is 517 g/mol. The van der Waals surface area contributed by atoms with E-state index in [4.69, 9.17) is 4.74 Å². The SMILES string of the molecule is Cc1nc(C(F)(F)F)ncc1Oc1ccc(CNc2nc3c4c(n2)N(C)[C@@](C)([C@H](C)O)C(=O)N4CCC3)cn1. The summed E-state index contributed by atoms with van der Waals surface area (Å²) in [5, 5.41) is 13.7. The Kier molecular flexibility index (Phi) is 6.53. The van der Waals surface area contributed by atoms with Crippen LogP contribution in [0.4, 0.5) is 30.6 Å². The molecule has 206 valence electrons. The molecule has 5 heterocycles. The van der Waals surface area contributed by atoms with Crippen molar-refractivity contribution >= 4 is 23.4 Å². The van der Waals surface area contributed by atoms with Gasteiger partial charge in [-0.2, -0.15) is 18.2 Å². The number of hydrogen-bond acceptors (Lipinski definition) is 10. The number of aryl methyl sites for hydroxylation is 2. The minimum absolute atomic E-state index is 0.0373. The van der Waals surface area contributed by atoms with Gasteiger partial charge in [0.05, 0.1) is 23.7 Å². The van der Waals surface area contributed by atoms with Crippen LogP contribution in [0.2, 0.25) is 0 Å². The fraction of sp³-hybridized carbons (Fsp3) is 0.440. The number of anilines is 3. The van der Waals surface area contributed by atoms with Gasteiger partial charge < -0.3 is 25.0 Å². The predicted molar refractivity (Wildman–Crippen MR) is 135 cm³/mol. The molecule has 2 aliphatic heterocycles. The fourth-order valence-corrected chi connectivity index (χ4v) is 4.63. The van der Waals surface area contributed by atoms with Gasteiger partial charge in [0.25, 0.3) is 5.91 Å². The maximum Gasteiger partial charge on any atom is 0.451 e. The van der Waals surface area contributed by atoms with E-state index >= 15 is 0 Å². The minimum Gasteiger partial charge on any atom is -0.436 e. The Bertz CT molecular complexity index is 1420.